The number of ether oxygens (including phenoxy) is 2. The van der Waals surface area contributed by atoms with Gasteiger partial charge in [-0.25, -0.2) is 0 Å². The molecule has 0 fully saturated rings. The van der Waals surface area contributed by atoms with Crippen LogP contribution in [-0.4, -0.2) is 25.3 Å². The van der Waals surface area contributed by atoms with Gasteiger partial charge in [-0.05, 0) is 60.3 Å². The molecule has 1 rings (SSSR count). The third kappa shape index (κ3) is 3.86. The number of carboxylic acid groups (broad SMARTS) is 1. The fraction of sp³-hybridized carbons (Fsp3) is 0.500. The number of carboxylic acids is 1. The van der Waals surface area contributed by atoms with Crippen molar-refractivity contribution < 1.29 is 19.4 Å². The van der Waals surface area contributed by atoms with Gasteiger partial charge in [-0.3, -0.25) is 4.79 Å². The molecule has 1 aromatic carbocycles. The van der Waals surface area contributed by atoms with Crippen LogP contribution < -0.4 is 9.47 Å². The number of carbonyl (C=O) groups is 1. The third-order valence-electron chi connectivity index (χ3n) is 3.15. The summed E-state index contributed by atoms with van der Waals surface area (Å²) in [5.74, 6) is 0.647. The molecule has 1 N–H and O–H groups in total. The molecule has 0 aromatic heterocycles. The Balaban J connectivity index is 2.97. The molecule has 0 spiro atoms. The number of methoxy groups -OCH3 is 2. The van der Waals surface area contributed by atoms with Gasteiger partial charge < -0.3 is 14.6 Å². The lowest BCUT2D eigenvalue weighted by atomic mass is 9.86. The highest BCUT2D eigenvalue weighted by Crippen LogP contribution is 2.35. The third-order valence-corrected chi connectivity index (χ3v) is 3.77. The Hall–Kier alpha value is -1.23. The zero-order valence-corrected chi connectivity index (χ0v) is 13.2. The molecule has 0 aliphatic rings. The predicted molar refractivity (Wildman–Crippen MR) is 77.0 cm³/mol. The second kappa shape index (κ2) is 6.28. The van der Waals surface area contributed by atoms with Crippen molar-refractivity contribution >= 4 is 21.9 Å². The normalized spacial score (nSPS) is 11.2. The Morgan fingerprint density at radius 2 is 1.84 bits per heavy atom. The van der Waals surface area contributed by atoms with Gasteiger partial charge in [-0.1, -0.05) is 0 Å². The number of hydrogen-bond donors (Lipinski definition) is 1. The maximum Gasteiger partial charge on any atom is 0.309 e. The van der Waals surface area contributed by atoms with Crippen molar-refractivity contribution in [2.75, 3.05) is 14.2 Å². The summed E-state index contributed by atoms with van der Waals surface area (Å²) in [6.45, 7) is 3.44. The van der Waals surface area contributed by atoms with E-state index in [9.17, 15) is 4.79 Å². The summed E-state index contributed by atoms with van der Waals surface area (Å²) in [7, 11) is 3.19. The highest BCUT2D eigenvalue weighted by Gasteiger charge is 2.27. The van der Waals surface area contributed by atoms with E-state index in [0.717, 1.165) is 15.8 Å². The average molecular weight is 331 g/mol. The van der Waals surface area contributed by atoms with Crippen LogP contribution in [0.4, 0.5) is 0 Å². The first-order chi connectivity index (χ1) is 8.81. The summed E-state index contributed by atoms with van der Waals surface area (Å²) in [6, 6.07) is 3.71. The second-order valence-corrected chi connectivity index (χ2v) is 5.84. The molecule has 4 nitrogen and oxygen atoms in total. The monoisotopic (exact) mass is 330 g/mol. The molecular weight excluding hydrogens is 312 g/mol. The molecule has 1 aromatic rings. The predicted octanol–water partition coefficient (Wildman–Crippen LogP) is 3.51. The fourth-order valence-corrected chi connectivity index (χ4v) is 2.16. The summed E-state index contributed by atoms with van der Waals surface area (Å²) >= 11 is 3.40. The Kier molecular flexibility index (Phi) is 5.23. The van der Waals surface area contributed by atoms with E-state index in [4.69, 9.17) is 14.6 Å². The number of aryl methyl sites for hydroxylation is 1. The molecule has 5 heteroatoms. The second-order valence-electron chi connectivity index (χ2n) is 4.99. The van der Waals surface area contributed by atoms with Crippen molar-refractivity contribution in [1.82, 2.24) is 0 Å². The van der Waals surface area contributed by atoms with E-state index in [1.165, 1.54) is 0 Å². The molecule has 106 valence electrons. The van der Waals surface area contributed by atoms with Gasteiger partial charge in [0.25, 0.3) is 0 Å². The van der Waals surface area contributed by atoms with E-state index >= 15 is 0 Å². The standard InChI is InChI=1S/C14H19BrO4/c1-14(2,13(16)17)6-5-9-7-12(19-4)10(15)8-11(9)18-3/h7-8H,5-6H2,1-4H3,(H,16,17). The maximum atomic E-state index is 11.1. The van der Waals surface area contributed by atoms with Crippen LogP contribution in [0.15, 0.2) is 16.6 Å². The molecule has 0 atom stereocenters. The van der Waals surface area contributed by atoms with E-state index in [1.54, 1.807) is 28.1 Å². The van der Waals surface area contributed by atoms with Crippen molar-refractivity contribution in [3.63, 3.8) is 0 Å². The van der Waals surface area contributed by atoms with Crippen LogP contribution in [0.1, 0.15) is 25.8 Å². The highest BCUT2D eigenvalue weighted by molar-refractivity contribution is 9.10. The molecular formula is C14H19BrO4. The molecule has 0 aliphatic heterocycles. The summed E-state index contributed by atoms with van der Waals surface area (Å²) in [5, 5.41) is 9.13. The molecule has 0 saturated carbocycles. The number of halogens is 1. The van der Waals surface area contributed by atoms with Crippen molar-refractivity contribution in [3.05, 3.63) is 22.2 Å². The Bertz CT molecular complexity index is 469. The van der Waals surface area contributed by atoms with Gasteiger partial charge in [0, 0.05) is 0 Å². The first-order valence-electron chi connectivity index (χ1n) is 5.95. The SMILES string of the molecule is COc1cc(CCC(C)(C)C(=O)O)c(OC)cc1Br. The number of benzene rings is 1. The van der Waals surface area contributed by atoms with Crippen LogP contribution in [0.5, 0.6) is 11.5 Å². The minimum absolute atomic E-state index is 0.531. The Morgan fingerprint density at radius 3 is 2.32 bits per heavy atom. The van der Waals surface area contributed by atoms with Gasteiger partial charge in [0.2, 0.25) is 0 Å². The van der Waals surface area contributed by atoms with E-state index in [2.05, 4.69) is 15.9 Å². The van der Waals surface area contributed by atoms with E-state index in [-0.39, 0.29) is 0 Å². The lowest BCUT2D eigenvalue weighted by Gasteiger charge is -2.20. The van der Waals surface area contributed by atoms with Crippen molar-refractivity contribution in [2.24, 2.45) is 5.41 Å². The van der Waals surface area contributed by atoms with E-state index in [1.807, 2.05) is 12.1 Å². The summed E-state index contributed by atoms with van der Waals surface area (Å²) in [5.41, 5.74) is 0.183. The zero-order valence-electron chi connectivity index (χ0n) is 11.6. The molecule has 0 amide bonds. The number of rotatable bonds is 6. The summed E-state index contributed by atoms with van der Waals surface area (Å²) < 4.78 is 11.4. The van der Waals surface area contributed by atoms with Crippen molar-refractivity contribution in [1.29, 1.82) is 0 Å². The smallest absolute Gasteiger partial charge is 0.309 e. The summed E-state index contributed by atoms with van der Waals surface area (Å²) in [4.78, 5) is 11.1. The molecule has 0 unspecified atom stereocenters. The van der Waals surface area contributed by atoms with Crippen LogP contribution in [-0.2, 0) is 11.2 Å². The molecule has 0 radical (unpaired) electrons. The lowest BCUT2D eigenvalue weighted by Crippen LogP contribution is -2.24. The summed E-state index contributed by atoms with van der Waals surface area (Å²) in [6.07, 6.45) is 1.15. The zero-order chi connectivity index (χ0) is 14.6. The molecule has 0 heterocycles. The Morgan fingerprint density at radius 1 is 1.26 bits per heavy atom. The fourth-order valence-electron chi connectivity index (χ4n) is 1.67. The first-order valence-corrected chi connectivity index (χ1v) is 6.75. The average Bonchev–Trinajstić information content (AvgIpc) is 2.36. The number of aliphatic carboxylic acids is 1. The van der Waals surface area contributed by atoms with Crippen LogP contribution in [0.3, 0.4) is 0 Å². The van der Waals surface area contributed by atoms with E-state index < -0.39 is 11.4 Å². The highest BCUT2D eigenvalue weighted by atomic mass is 79.9. The lowest BCUT2D eigenvalue weighted by molar-refractivity contribution is -0.147. The van der Waals surface area contributed by atoms with Gasteiger partial charge in [0.05, 0.1) is 24.1 Å². The molecule has 19 heavy (non-hydrogen) atoms. The van der Waals surface area contributed by atoms with Crippen LogP contribution in [0.2, 0.25) is 0 Å². The quantitative estimate of drug-likeness (QED) is 0.867. The number of hydrogen-bond acceptors (Lipinski definition) is 3. The van der Waals surface area contributed by atoms with Gasteiger partial charge in [-0.2, -0.15) is 0 Å². The maximum absolute atomic E-state index is 11.1. The minimum Gasteiger partial charge on any atom is -0.496 e. The van der Waals surface area contributed by atoms with Gasteiger partial charge in [0.15, 0.2) is 0 Å². The van der Waals surface area contributed by atoms with Gasteiger partial charge in [-0.15, -0.1) is 0 Å². The molecule has 0 aliphatic carbocycles. The van der Waals surface area contributed by atoms with Gasteiger partial charge >= 0.3 is 5.97 Å². The van der Waals surface area contributed by atoms with Crippen LogP contribution in [0.25, 0.3) is 0 Å². The van der Waals surface area contributed by atoms with Crippen molar-refractivity contribution in [2.45, 2.75) is 26.7 Å². The minimum atomic E-state index is -0.796. The van der Waals surface area contributed by atoms with Crippen molar-refractivity contribution in [3.8, 4) is 11.5 Å². The largest absolute Gasteiger partial charge is 0.496 e. The molecule has 0 bridgehead atoms. The van der Waals surface area contributed by atoms with Gasteiger partial charge in [0.1, 0.15) is 11.5 Å². The van der Waals surface area contributed by atoms with E-state index in [0.29, 0.717) is 18.6 Å². The van der Waals surface area contributed by atoms with Crippen LogP contribution >= 0.6 is 15.9 Å². The first kappa shape index (κ1) is 15.8. The Labute approximate surface area is 121 Å². The topological polar surface area (TPSA) is 55.8 Å². The molecule has 0 saturated heterocycles. The van der Waals surface area contributed by atoms with Crippen LogP contribution in [0, 0.1) is 5.41 Å².